The van der Waals surface area contributed by atoms with E-state index in [1.54, 1.807) is 12.1 Å². The summed E-state index contributed by atoms with van der Waals surface area (Å²) in [5, 5.41) is 21.4. The Morgan fingerprint density at radius 3 is 2.65 bits per heavy atom. The minimum Gasteiger partial charge on any atom is -0.409 e. The second-order valence-corrected chi connectivity index (χ2v) is 5.60. The van der Waals surface area contributed by atoms with Gasteiger partial charge in [-0.2, -0.15) is 0 Å². The van der Waals surface area contributed by atoms with Gasteiger partial charge in [-0.3, -0.25) is 4.90 Å². The molecule has 0 aromatic heterocycles. The molecule has 1 aromatic carbocycles. The van der Waals surface area contributed by atoms with Gasteiger partial charge in [-0.1, -0.05) is 28.9 Å². The van der Waals surface area contributed by atoms with Crippen molar-refractivity contribution in [2.75, 3.05) is 19.7 Å². The Morgan fingerprint density at radius 2 is 2.10 bits per heavy atom. The number of nitrogens with two attached hydrogens (primary N) is 1. The predicted octanol–water partition coefficient (Wildman–Crippen LogP) is 1.64. The topological polar surface area (TPSA) is 82.1 Å². The van der Waals surface area contributed by atoms with Gasteiger partial charge in [-0.05, 0) is 43.5 Å². The van der Waals surface area contributed by atoms with Crippen molar-refractivity contribution in [2.24, 2.45) is 16.8 Å². The number of rotatable bonds is 4. The smallest absolute Gasteiger partial charge is 0.170 e. The van der Waals surface area contributed by atoms with Crippen LogP contribution in [0.2, 0.25) is 5.02 Å². The zero-order valence-electron chi connectivity index (χ0n) is 11.3. The molecule has 1 fully saturated rings. The maximum absolute atomic E-state index is 9.13. The number of amidine groups is 1. The maximum atomic E-state index is 9.13. The number of piperidine rings is 1. The number of aliphatic hydroxyl groups excluding tert-OH is 1. The molecule has 110 valence electrons. The van der Waals surface area contributed by atoms with E-state index < -0.39 is 0 Å². The lowest BCUT2D eigenvalue weighted by Crippen LogP contribution is -2.34. The van der Waals surface area contributed by atoms with Crippen molar-refractivity contribution in [2.45, 2.75) is 19.4 Å². The van der Waals surface area contributed by atoms with Crippen molar-refractivity contribution < 1.29 is 10.3 Å². The summed E-state index contributed by atoms with van der Waals surface area (Å²) in [7, 11) is 0. The normalized spacial score (nSPS) is 18.4. The number of oxime groups is 1. The highest BCUT2D eigenvalue weighted by atomic mass is 35.5. The summed E-state index contributed by atoms with van der Waals surface area (Å²) < 4.78 is 0. The number of hydrogen-bond donors (Lipinski definition) is 3. The van der Waals surface area contributed by atoms with E-state index in [-0.39, 0.29) is 12.4 Å². The van der Waals surface area contributed by atoms with Gasteiger partial charge in [0, 0.05) is 23.7 Å². The second-order valence-electron chi connectivity index (χ2n) is 5.19. The molecule has 1 heterocycles. The lowest BCUT2D eigenvalue weighted by atomic mass is 9.97. The lowest BCUT2D eigenvalue weighted by molar-refractivity contribution is 0.127. The number of likely N-dealkylation sites (tertiary alicyclic amines) is 1. The molecule has 0 saturated carbocycles. The number of benzene rings is 1. The largest absolute Gasteiger partial charge is 0.409 e. The van der Waals surface area contributed by atoms with Gasteiger partial charge in [-0.15, -0.1) is 0 Å². The first kappa shape index (κ1) is 15.1. The van der Waals surface area contributed by atoms with E-state index in [4.69, 9.17) is 27.6 Å². The molecule has 6 heteroatoms. The summed E-state index contributed by atoms with van der Waals surface area (Å²) in [6.45, 7) is 3.02. The van der Waals surface area contributed by atoms with E-state index >= 15 is 0 Å². The molecule has 1 saturated heterocycles. The SMILES string of the molecule is N/C(=N/O)c1ccc(CN2CCC(CO)CC2)c(Cl)c1. The van der Waals surface area contributed by atoms with Gasteiger partial charge in [-0.25, -0.2) is 0 Å². The van der Waals surface area contributed by atoms with Crippen LogP contribution in [-0.2, 0) is 6.54 Å². The van der Waals surface area contributed by atoms with Crippen LogP contribution in [0.3, 0.4) is 0 Å². The Hall–Kier alpha value is -1.30. The van der Waals surface area contributed by atoms with Crippen molar-refractivity contribution in [3.05, 3.63) is 34.3 Å². The van der Waals surface area contributed by atoms with Gasteiger partial charge >= 0.3 is 0 Å². The molecule has 0 amide bonds. The maximum Gasteiger partial charge on any atom is 0.170 e. The number of nitrogens with zero attached hydrogens (tertiary/aromatic N) is 2. The molecule has 1 aromatic rings. The quantitative estimate of drug-likeness (QED) is 0.341. The number of halogens is 1. The summed E-state index contributed by atoms with van der Waals surface area (Å²) in [4.78, 5) is 2.33. The molecular weight excluding hydrogens is 278 g/mol. The number of aliphatic hydroxyl groups is 1. The van der Waals surface area contributed by atoms with Crippen molar-refractivity contribution in [1.82, 2.24) is 4.90 Å². The first-order valence-corrected chi connectivity index (χ1v) is 7.11. The van der Waals surface area contributed by atoms with Gasteiger partial charge in [0.15, 0.2) is 5.84 Å². The van der Waals surface area contributed by atoms with Crippen molar-refractivity contribution in [3.63, 3.8) is 0 Å². The van der Waals surface area contributed by atoms with Gasteiger partial charge in [0.05, 0.1) is 0 Å². The Morgan fingerprint density at radius 1 is 1.40 bits per heavy atom. The molecule has 0 bridgehead atoms. The summed E-state index contributed by atoms with van der Waals surface area (Å²) in [6, 6.07) is 5.43. The van der Waals surface area contributed by atoms with E-state index in [0.717, 1.165) is 38.0 Å². The zero-order chi connectivity index (χ0) is 14.5. The van der Waals surface area contributed by atoms with Crippen LogP contribution >= 0.6 is 11.6 Å². The first-order chi connectivity index (χ1) is 9.63. The molecule has 0 unspecified atom stereocenters. The monoisotopic (exact) mass is 297 g/mol. The summed E-state index contributed by atoms with van der Waals surface area (Å²) in [5.74, 6) is 0.492. The summed E-state index contributed by atoms with van der Waals surface area (Å²) in [5.41, 5.74) is 7.18. The minimum atomic E-state index is 0.0576. The van der Waals surface area contributed by atoms with Gasteiger partial charge < -0.3 is 16.0 Å². The van der Waals surface area contributed by atoms with Crippen molar-refractivity contribution in [3.8, 4) is 0 Å². The highest BCUT2D eigenvalue weighted by Gasteiger charge is 2.19. The Bertz CT molecular complexity index is 485. The van der Waals surface area contributed by atoms with Crippen LogP contribution in [0.4, 0.5) is 0 Å². The van der Waals surface area contributed by atoms with Crippen LogP contribution in [0.1, 0.15) is 24.0 Å². The molecule has 1 aliphatic heterocycles. The minimum absolute atomic E-state index is 0.0576. The fraction of sp³-hybridized carbons (Fsp3) is 0.500. The van der Waals surface area contributed by atoms with Crippen LogP contribution in [0.15, 0.2) is 23.4 Å². The van der Waals surface area contributed by atoms with E-state index in [2.05, 4.69) is 10.1 Å². The first-order valence-electron chi connectivity index (χ1n) is 6.73. The molecule has 4 N–H and O–H groups in total. The van der Waals surface area contributed by atoms with Gasteiger partial charge in [0.25, 0.3) is 0 Å². The second kappa shape index (κ2) is 6.92. The third-order valence-electron chi connectivity index (χ3n) is 3.82. The fourth-order valence-corrected chi connectivity index (χ4v) is 2.70. The Balaban J connectivity index is 2.00. The van der Waals surface area contributed by atoms with Crippen LogP contribution in [0.5, 0.6) is 0 Å². The molecule has 5 nitrogen and oxygen atoms in total. The molecule has 0 aliphatic carbocycles. The van der Waals surface area contributed by atoms with Crippen LogP contribution in [-0.4, -0.2) is 40.7 Å². The lowest BCUT2D eigenvalue weighted by Gasteiger charge is -2.31. The van der Waals surface area contributed by atoms with Crippen LogP contribution in [0.25, 0.3) is 0 Å². The molecular formula is C14H20ClN3O2. The van der Waals surface area contributed by atoms with E-state index in [0.29, 0.717) is 16.5 Å². The van der Waals surface area contributed by atoms with E-state index in [1.165, 1.54) is 0 Å². The summed E-state index contributed by atoms with van der Waals surface area (Å²) in [6.07, 6.45) is 2.05. The average molecular weight is 298 g/mol. The fourth-order valence-electron chi connectivity index (χ4n) is 2.46. The Labute approximate surface area is 123 Å². The van der Waals surface area contributed by atoms with E-state index in [9.17, 15) is 0 Å². The Kier molecular flexibility index (Phi) is 5.23. The highest BCUT2D eigenvalue weighted by Crippen LogP contribution is 2.23. The van der Waals surface area contributed by atoms with Gasteiger partial charge in [0.1, 0.15) is 0 Å². The number of hydrogen-bond acceptors (Lipinski definition) is 4. The highest BCUT2D eigenvalue weighted by molar-refractivity contribution is 6.31. The summed E-state index contributed by atoms with van der Waals surface area (Å²) >= 11 is 6.25. The third-order valence-corrected chi connectivity index (χ3v) is 4.17. The van der Waals surface area contributed by atoms with Crippen LogP contribution in [0, 0.1) is 5.92 Å². The molecule has 0 spiro atoms. The molecule has 20 heavy (non-hydrogen) atoms. The average Bonchev–Trinajstić information content (AvgIpc) is 2.49. The molecule has 1 aliphatic rings. The van der Waals surface area contributed by atoms with Gasteiger partial charge in [0.2, 0.25) is 0 Å². The third kappa shape index (κ3) is 3.62. The molecule has 0 radical (unpaired) electrons. The molecule has 0 atom stereocenters. The van der Waals surface area contributed by atoms with E-state index in [1.807, 2.05) is 6.07 Å². The van der Waals surface area contributed by atoms with Crippen molar-refractivity contribution >= 4 is 17.4 Å². The molecule has 2 rings (SSSR count). The standard InChI is InChI=1S/C14H20ClN3O2/c15-13-7-11(14(16)17-20)1-2-12(13)8-18-5-3-10(9-19)4-6-18/h1-2,7,10,19-20H,3-6,8-9H2,(H2,16,17). The zero-order valence-corrected chi connectivity index (χ0v) is 12.1. The predicted molar refractivity (Wildman–Crippen MR) is 79.0 cm³/mol. The van der Waals surface area contributed by atoms with Crippen molar-refractivity contribution in [1.29, 1.82) is 0 Å². The van der Waals surface area contributed by atoms with Crippen LogP contribution < -0.4 is 5.73 Å².